The normalized spacial score (nSPS) is 10.0. The molecule has 2 N–H and O–H groups in total. The first-order valence-electron chi connectivity index (χ1n) is 9.68. The van der Waals surface area contributed by atoms with Gasteiger partial charge in [-0.05, 0) is 42.5 Å². The van der Waals surface area contributed by atoms with Crippen molar-refractivity contribution in [1.29, 1.82) is 0 Å². The third-order valence-corrected chi connectivity index (χ3v) is 4.24. The molecule has 0 fully saturated rings. The Labute approximate surface area is 189 Å². The minimum absolute atomic E-state index is 0.0378. The fraction of sp³-hybridized carbons (Fsp3) is 0.130. The first kappa shape index (κ1) is 23.1. The average molecular weight is 451 g/mol. The molecule has 0 saturated carbocycles. The number of carbonyl (C=O) groups excluding carboxylic acids is 3. The third kappa shape index (κ3) is 6.20. The van der Waals surface area contributed by atoms with E-state index in [0.717, 1.165) is 0 Å². The second-order valence-electron chi connectivity index (χ2n) is 6.42. The van der Waals surface area contributed by atoms with Crippen molar-refractivity contribution in [2.24, 2.45) is 0 Å². The zero-order valence-corrected chi connectivity index (χ0v) is 17.9. The third-order valence-electron chi connectivity index (χ3n) is 4.24. The van der Waals surface area contributed by atoms with Gasteiger partial charge in [0.15, 0.2) is 18.1 Å². The lowest BCUT2D eigenvalue weighted by Crippen LogP contribution is -2.43. The number of hydrazine groups is 1. The number of benzene rings is 2. The van der Waals surface area contributed by atoms with Gasteiger partial charge in [-0.1, -0.05) is 18.2 Å². The Morgan fingerprint density at radius 1 is 0.879 bits per heavy atom. The molecule has 3 rings (SSSR count). The number of rotatable bonds is 8. The van der Waals surface area contributed by atoms with Crippen LogP contribution in [-0.4, -0.2) is 43.6 Å². The summed E-state index contributed by atoms with van der Waals surface area (Å²) in [5.74, 6) is -0.813. The van der Waals surface area contributed by atoms with E-state index in [1.54, 1.807) is 30.3 Å². The molecule has 0 aliphatic rings. The highest BCUT2D eigenvalue weighted by molar-refractivity contribution is 5.97. The minimum Gasteiger partial charge on any atom is -0.493 e. The van der Waals surface area contributed by atoms with Gasteiger partial charge in [-0.25, -0.2) is 9.78 Å². The molecule has 0 aliphatic heterocycles. The molecule has 0 spiro atoms. The van der Waals surface area contributed by atoms with E-state index in [9.17, 15) is 14.4 Å². The SMILES string of the molecule is COc1ccc(C(=O)NNC(=O)COC(=O)c2cccnc2Oc2ccccc2)cc1OC. The quantitative estimate of drug-likeness (QED) is 0.395. The molecule has 170 valence electrons. The van der Waals surface area contributed by atoms with E-state index in [1.807, 2.05) is 6.07 Å². The van der Waals surface area contributed by atoms with Crippen LogP contribution in [0.25, 0.3) is 0 Å². The van der Waals surface area contributed by atoms with Crippen LogP contribution in [0.4, 0.5) is 0 Å². The van der Waals surface area contributed by atoms with Crippen molar-refractivity contribution in [3.8, 4) is 23.1 Å². The highest BCUT2D eigenvalue weighted by Gasteiger charge is 2.18. The van der Waals surface area contributed by atoms with Gasteiger partial charge in [0.2, 0.25) is 5.88 Å². The van der Waals surface area contributed by atoms with Crippen LogP contribution < -0.4 is 25.1 Å². The van der Waals surface area contributed by atoms with Gasteiger partial charge in [-0.15, -0.1) is 0 Å². The van der Waals surface area contributed by atoms with E-state index < -0.39 is 24.4 Å². The highest BCUT2D eigenvalue weighted by Crippen LogP contribution is 2.27. The molecule has 0 aliphatic carbocycles. The van der Waals surface area contributed by atoms with Crippen LogP contribution in [0.15, 0.2) is 66.9 Å². The number of ether oxygens (including phenoxy) is 4. The van der Waals surface area contributed by atoms with E-state index in [-0.39, 0.29) is 17.0 Å². The van der Waals surface area contributed by atoms with Crippen molar-refractivity contribution in [3.63, 3.8) is 0 Å². The summed E-state index contributed by atoms with van der Waals surface area (Å²) >= 11 is 0. The van der Waals surface area contributed by atoms with Crippen molar-refractivity contribution >= 4 is 17.8 Å². The van der Waals surface area contributed by atoms with Crippen molar-refractivity contribution in [2.75, 3.05) is 20.8 Å². The summed E-state index contributed by atoms with van der Waals surface area (Å²) in [6.45, 7) is -0.634. The van der Waals surface area contributed by atoms with E-state index >= 15 is 0 Å². The molecular weight excluding hydrogens is 430 g/mol. The first-order valence-corrected chi connectivity index (χ1v) is 9.68. The number of nitrogens with zero attached hydrogens (tertiary/aromatic N) is 1. The molecule has 2 aromatic carbocycles. The number of esters is 1. The molecule has 10 heteroatoms. The van der Waals surface area contributed by atoms with Crippen molar-refractivity contribution in [3.05, 3.63) is 78.0 Å². The summed E-state index contributed by atoms with van der Waals surface area (Å²) < 4.78 is 20.9. The summed E-state index contributed by atoms with van der Waals surface area (Å²) in [4.78, 5) is 40.7. The molecular formula is C23H21N3O7. The topological polar surface area (TPSA) is 125 Å². The number of hydrogen-bond donors (Lipinski definition) is 2. The maximum atomic E-state index is 12.4. The lowest BCUT2D eigenvalue weighted by Gasteiger charge is -2.11. The summed E-state index contributed by atoms with van der Waals surface area (Å²) in [6, 6.07) is 16.3. The second kappa shape index (κ2) is 11.1. The summed E-state index contributed by atoms with van der Waals surface area (Å²) in [5.41, 5.74) is 4.68. The van der Waals surface area contributed by atoms with Crippen LogP contribution in [0, 0.1) is 0 Å². The number of para-hydroxylation sites is 1. The Hall–Kier alpha value is -4.60. The van der Waals surface area contributed by atoms with Crippen LogP contribution in [0.5, 0.6) is 23.1 Å². The van der Waals surface area contributed by atoms with Gasteiger partial charge in [0.1, 0.15) is 11.3 Å². The Bertz CT molecular complexity index is 1140. The Kier molecular flexibility index (Phi) is 7.79. The molecule has 0 saturated heterocycles. The number of pyridine rings is 1. The van der Waals surface area contributed by atoms with Crippen LogP contribution in [-0.2, 0) is 9.53 Å². The number of nitrogens with one attached hydrogen (secondary N) is 2. The predicted octanol–water partition coefficient (Wildman–Crippen LogP) is 2.51. The van der Waals surface area contributed by atoms with E-state index in [2.05, 4.69) is 15.8 Å². The van der Waals surface area contributed by atoms with Gasteiger partial charge >= 0.3 is 5.97 Å². The van der Waals surface area contributed by atoms with Gasteiger partial charge in [0.05, 0.1) is 14.2 Å². The lowest BCUT2D eigenvalue weighted by atomic mass is 10.2. The molecule has 10 nitrogen and oxygen atoms in total. The number of amides is 2. The highest BCUT2D eigenvalue weighted by atomic mass is 16.5. The Morgan fingerprint density at radius 2 is 1.64 bits per heavy atom. The van der Waals surface area contributed by atoms with Gasteiger partial charge < -0.3 is 18.9 Å². The fourth-order valence-electron chi connectivity index (χ4n) is 2.65. The van der Waals surface area contributed by atoms with Gasteiger partial charge in [-0.3, -0.25) is 20.4 Å². The van der Waals surface area contributed by atoms with Crippen LogP contribution in [0.1, 0.15) is 20.7 Å². The summed E-state index contributed by atoms with van der Waals surface area (Å²) in [5, 5.41) is 0. The van der Waals surface area contributed by atoms with Gasteiger partial charge in [0.25, 0.3) is 11.8 Å². The maximum absolute atomic E-state index is 12.4. The molecule has 0 radical (unpaired) electrons. The lowest BCUT2D eigenvalue weighted by molar-refractivity contribution is -0.125. The molecule has 0 bridgehead atoms. The molecule has 0 atom stereocenters. The largest absolute Gasteiger partial charge is 0.493 e. The molecule has 33 heavy (non-hydrogen) atoms. The molecule has 0 unspecified atom stereocenters. The van der Waals surface area contributed by atoms with Crippen molar-refractivity contribution < 1.29 is 33.3 Å². The number of hydrogen-bond acceptors (Lipinski definition) is 8. The minimum atomic E-state index is -0.810. The Balaban J connectivity index is 1.53. The van der Waals surface area contributed by atoms with Crippen LogP contribution in [0.3, 0.4) is 0 Å². The number of carbonyl (C=O) groups is 3. The van der Waals surface area contributed by atoms with Crippen LogP contribution >= 0.6 is 0 Å². The van der Waals surface area contributed by atoms with E-state index in [0.29, 0.717) is 17.2 Å². The maximum Gasteiger partial charge on any atom is 0.344 e. The predicted molar refractivity (Wildman–Crippen MR) is 116 cm³/mol. The number of methoxy groups -OCH3 is 2. The number of aromatic nitrogens is 1. The molecule has 1 aromatic heterocycles. The molecule has 2 amide bonds. The Morgan fingerprint density at radius 3 is 2.36 bits per heavy atom. The van der Waals surface area contributed by atoms with Crippen molar-refractivity contribution in [1.82, 2.24) is 15.8 Å². The standard InChI is InChI=1S/C23H21N3O7/c1-30-18-11-10-15(13-19(18)31-2)21(28)26-25-20(27)14-32-23(29)17-9-6-12-24-22(17)33-16-7-4-3-5-8-16/h3-13H,14H2,1-2H3,(H,25,27)(H,26,28). The van der Waals surface area contributed by atoms with Gasteiger partial charge in [0, 0.05) is 11.8 Å². The molecule has 1 heterocycles. The second-order valence-corrected chi connectivity index (χ2v) is 6.42. The van der Waals surface area contributed by atoms with Gasteiger partial charge in [-0.2, -0.15) is 0 Å². The summed E-state index contributed by atoms with van der Waals surface area (Å²) in [7, 11) is 2.91. The van der Waals surface area contributed by atoms with E-state index in [1.165, 1.54) is 44.7 Å². The van der Waals surface area contributed by atoms with Crippen molar-refractivity contribution in [2.45, 2.75) is 0 Å². The first-order chi connectivity index (χ1) is 16.0. The fourth-order valence-corrected chi connectivity index (χ4v) is 2.65. The van der Waals surface area contributed by atoms with Crippen LogP contribution in [0.2, 0.25) is 0 Å². The smallest absolute Gasteiger partial charge is 0.344 e. The zero-order valence-electron chi connectivity index (χ0n) is 17.9. The molecule has 3 aromatic rings. The monoisotopic (exact) mass is 451 g/mol. The van der Waals surface area contributed by atoms with E-state index in [4.69, 9.17) is 18.9 Å². The summed E-state index contributed by atoms with van der Waals surface area (Å²) in [6.07, 6.45) is 1.46. The average Bonchev–Trinajstić information content (AvgIpc) is 2.86. The zero-order chi connectivity index (χ0) is 23.6.